The van der Waals surface area contributed by atoms with E-state index in [0.717, 1.165) is 42.1 Å². The van der Waals surface area contributed by atoms with E-state index in [2.05, 4.69) is 12.2 Å². The van der Waals surface area contributed by atoms with Gasteiger partial charge in [0.1, 0.15) is 11.5 Å². The molecule has 4 heteroatoms. The smallest absolute Gasteiger partial charge is 0.127 e. The van der Waals surface area contributed by atoms with Gasteiger partial charge in [-0.2, -0.15) is 0 Å². The van der Waals surface area contributed by atoms with Crippen LogP contribution in [0.3, 0.4) is 0 Å². The second-order valence-corrected chi connectivity index (χ2v) is 4.71. The molecule has 108 valence electrons. The number of ether oxygens (including phenoxy) is 2. The van der Waals surface area contributed by atoms with Gasteiger partial charge < -0.3 is 19.9 Å². The highest BCUT2D eigenvalue weighted by molar-refractivity contribution is 5.46. The summed E-state index contributed by atoms with van der Waals surface area (Å²) in [5, 5.41) is 12.5. The number of aliphatic hydroxyl groups excluding tert-OH is 1. The zero-order chi connectivity index (χ0) is 14.3. The van der Waals surface area contributed by atoms with Gasteiger partial charge in [-0.1, -0.05) is 6.92 Å². The maximum atomic E-state index is 9.17. The van der Waals surface area contributed by atoms with Crippen molar-refractivity contribution in [2.24, 2.45) is 5.92 Å². The van der Waals surface area contributed by atoms with Gasteiger partial charge in [-0.15, -0.1) is 0 Å². The lowest BCUT2D eigenvalue weighted by atomic mass is 10.1. The van der Waals surface area contributed by atoms with E-state index >= 15 is 0 Å². The van der Waals surface area contributed by atoms with Gasteiger partial charge in [0, 0.05) is 31.3 Å². The van der Waals surface area contributed by atoms with E-state index in [4.69, 9.17) is 14.6 Å². The Morgan fingerprint density at radius 2 is 2.00 bits per heavy atom. The van der Waals surface area contributed by atoms with Crippen LogP contribution in [-0.2, 0) is 6.54 Å². The molecule has 1 unspecified atom stereocenters. The molecule has 0 saturated heterocycles. The van der Waals surface area contributed by atoms with Gasteiger partial charge in [0.2, 0.25) is 0 Å². The first kappa shape index (κ1) is 15.8. The first-order valence-electron chi connectivity index (χ1n) is 6.69. The average Bonchev–Trinajstić information content (AvgIpc) is 2.44. The van der Waals surface area contributed by atoms with Gasteiger partial charge in [0.25, 0.3) is 0 Å². The van der Waals surface area contributed by atoms with Crippen LogP contribution in [0.25, 0.3) is 0 Å². The lowest BCUT2D eigenvalue weighted by Gasteiger charge is -2.16. The summed E-state index contributed by atoms with van der Waals surface area (Å²) < 4.78 is 10.6. The van der Waals surface area contributed by atoms with Crippen LogP contribution in [0.4, 0.5) is 0 Å². The van der Waals surface area contributed by atoms with E-state index in [0.29, 0.717) is 5.92 Å². The average molecular weight is 267 g/mol. The minimum atomic E-state index is 0.224. The summed E-state index contributed by atoms with van der Waals surface area (Å²) in [5.74, 6) is 1.95. The van der Waals surface area contributed by atoms with Gasteiger partial charge in [-0.05, 0) is 30.9 Å². The van der Waals surface area contributed by atoms with E-state index in [-0.39, 0.29) is 6.61 Å². The maximum absolute atomic E-state index is 9.17. The molecule has 1 rings (SSSR count). The van der Waals surface area contributed by atoms with Gasteiger partial charge in [-0.3, -0.25) is 0 Å². The zero-order valence-electron chi connectivity index (χ0n) is 12.3. The Morgan fingerprint density at radius 3 is 2.53 bits per heavy atom. The lowest BCUT2D eigenvalue weighted by Crippen LogP contribution is -2.24. The summed E-state index contributed by atoms with van der Waals surface area (Å²) in [7, 11) is 3.32. The molecule has 2 N–H and O–H groups in total. The van der Waals surface area contributed by atoms with Crippen molar-refractivity contribution >= 4 is 0 Å². The summed E-state index contributed by atoms with van der Waals surface area (Å²) in [6.45, 7) is 5.90. The number of nitrogens with one attached hydrogen (secondary N) is 1. The van der Waals surface area contributed by atoms with E-state index in [1.54, 1.807) is 14.2 Å². The van der Waals surface area contributed by atoms with Crippen molar-refractivity contribution in [2.75, 3.05) is 27.4 Å². The molecule has 0 heterocycles. The molecule has 0 aromatic heterocycles. The van der Waals surface area contributed by atoms with Gasteiger partial charge in [0.05, 0.1) is 14.2 Å². The van der Waals surface area contributed by atoms with E-state index in [9.17, 15) is 0 Å². The number of benzene rings is 1. The largest absolute Gasteiger partial charge is 0.497 e. The van der Waals surface area contributed by atoms with Crippen molar-refractivity contribution in [1.29, 1.82) is 0 Å². The molecule has 1 atom stereocenters. The highest BCUT2D eigenvalue weighted by Gasteiger charge is 2.10. The molecule has 0 spiro atoms. The fourth-order valence-corrected chi connectivity index (χ4v) is 2.02. The third kappa shape index (κ3) is 4.40. The molecule has 0 bridgehead atoms. The fourth-order valence-electron chi connectivity index (χ4n) is 2.02. The molecular formula is C15H25NO3. The van der Waals surface area contributed by atoms with Crippen LogP contribution >= 0.6 is 0 Å². The van der Waals surface area contributed by atoms with Crippen molar-refractivity contribution in [1.82, 2.24) is 5.32 Å². The number of hydrogen-bond donors (Lipinski definition) is 2. The Labute approximate surface area is 115 Å². The van der Waals surface area contributed by atoms with E-state index < -0.39 is 0 Å². The summed E-state index contributed by atoms with van der Waals surface area (Å²) in [6.07, 6.45) is 0.974. The number of methoxy groups -OCH3 is 2. The maximum Gasteiger partial charge on any atom is 0.127 e. The summed E-state index contributed by atoms with van der Waals surface area (Å²) in [4.78, 5) is 0. The lowest BCUT2D eigenvalue weighted by molar-refractivity contribution is 0.218. The van der Waals surface area contributed by atoms with Crippen LogP contribution in [-0.4, -0.2) is 32.5 Å². The molecule has 0 aliphatic carbocycles. The van der Waals surface area contributed by atoms with Crippen LogP contribution in [0, 0.1) is 12.8 Å². The zero-order valence-corrected chi connectivity index (χ0v) is 12.3. The van der Waals surface area contributed by atoms with Crippen LogP contribution in [0.1, 0.15) is 24.5 Å². The third-order valence-electron chi connectivity index (χ3n) is 3.43. The van der Waals surface area contributed by atoms with Gasteiger partial charge >= 0.3 is 0 Å². The first-order valence-corrected chi connectivity index (χ1v) is 6.69. The minimum Gasteiger partial charge on any atom is -0.497 e. The molecule has 1 aromatic rings. The number of rotatable bonds is 8. The molecule has 0 saturated carbocycles. The van der Waals surface area contributed by atoms with Crippen LogP contribution in [0.15, 0.2) is 12.1 Å². The van der Waals surface area contributed by atoms with Crippen molar-refractivity contribution < 1.29 is 14.6 Å². The molecule has 4 nitrogen and oxygen atoms in total. The predicted molar refractivity (Wildman–Crippen MR) is 76.9 cm³/mol. The number of aliphatic hydroxyl groups is 1. The van der Waals surface area contributed by atoms with Crippen molar-refractivity contribution in [3.8, 4) is 11.5 Å². The monoisotopic (exact) mass is 267 g/mol. The highest BCUT2D eigenvalue weighted by atomic mass is 16.5. The molecular weight excluding hydrogens is 242 g/mol. The number of hydrogen-bond acceptors (Lipinski definition) is 4. The Morgan fingerprint density at radius 1 is 1.26 bits per heavy atom. The van der Waals surface area contributed by atoms with E-state index in [1.165, 1.54) is 0 Å². The van der Waals surface area contributed by atoms with Crippen molar-refractivity contribution in [3.05, 3.63) is 23.3 Å². The third-order valence-corrected chi connectivity index (χ3v) is 3.43. The summed E-state index contributed by atoms with van der Waals surface area (Å²) in [6, 6.07) is 3.90. The molecule has 0 aliphatic heterocycles. The molecule has 1 aromatic carbocycles. The second kappa shape index (κ2) is 8.02. The van der Waals surface area contributed by atoms with Gasteiger partial charge in [-0.25, -0.2) is 0 Å². The summed E-state index contributed by atoms with van der Waals surface area (Å²) >= 11 is 0. The standard InChI is InChI=1S/C15H25NO3/c1-5-12(10-17)8-16-9-14-11(2)6-13(18-3)7-15(14)19-4/h6-7,12,16-17H,5,8-10H2,1-4H3. The van der Waals surface area contributed by atoms with Gasteiger partial charge in [0.15, 0.2) is 0 Å². The van der Waals surface area contributed by atoms with Crippen molar-refractivity contribution in [3.63, 3.8) is 0 Å². The summed E-state index contributed by atoms with van der Waals surface area (Å²) in [5.41, 5.74) is 2.27. The quantitative estimate of drug-likeness (QED) is 0.757. The molecule has 0 amide bonds. The Kier molecular flexibility index (Phi) is 6.67. The molecule has 0 fully saturated rings. The topological polar surface area (TPSA) is 50.7 Å². The predicted octanol–water partition coefficient (Wildman–Crippen LogP) is 2.12. The molecule has 0 radical (unpaired) electrons. The Balaban J connectivity index is 2.72. The first-order chi connectivity index (χ1) is 9.15. The van der Waals surface area contributed by atoms with Crippen molar-refractivity contribution in [2.45, 2.75) is 26.8 Å². The van der Waals surface area contributed by atoms with Crippen LogP contribution in [0.2, 0.25) is 0 Å². The Bertz CT molecular complexity index is 389. The highest BCUT2D eigenvalue weighted by Crippen LogP contribution is 2.28. The van der Waals surface area contributed by atoms with Crippen LogP contribution < -0.4 is 14.8 Å². The Hall–Kier alpha value is -1.26. The minimum absolute atomic E-state index is 0.224. The SMILES string of the molecule is CCC(CO)CNCc1c(C)cc(OC)cc1OC. The van der Waals surface area contributed by atoms with Crippen LogP contribution in [0.5, 0.6) is 11.5 Å². The second-order valence-electron chi connectivity index (χ2n) is 4.71. The normalized spacial score (nSPS) is 12.3. The van der Waals surface area contributed by atoms with E-state index in [1.807, 2.05) is 19.1 Å². The molecule has 19 heavy (non-hydrogen) atoms. The molecule has 0 aliphatic rings. The fraction of sp³-hybridized carbons (Fsp3) is 0.600. The number of aryl methyl sites for hydroxylation is 1.